The average Bonchev–Trinajstić information content (AvgIpc) is 2.90. The fourth-order valence-corrected chi connectivity index (χ4v) is 5.39. The Kier molecular flexibility index (Phi) is 6.54. The lowest BCUT2D eigenvalue weighted by Crippen LogP contribution is -2.44. The van der Waals surface area contributed by atoms with E-state index in [1.165, 1.54) is 0 Å². The summed E-state index contributed by atoms with van der Waals surface area (Å²) < 4.78 is 13.5. The van der Waals surface area contributed by atoms with Crippen LogP contribution in [-0.4, -0.2) is 92.9 Å². The Bertz CT molecular complexity index is 1410. The molecule has 0 unspecified atom stereocenters. The van der Waals surface area contributed by atoms with E-state index in [-0.39, 0.29) is 16.9 Å². The van der Waals surface area contributed by atoms with E-state index in [1.54, 1.807) is 18.3 Å². The molecule has 6 rings (SSSR count). The molecule has 37 heavy (non-hydrogen) atoms. The van der Waals surface area contributed by atoms with Gasteiger partial charge in [-0.2, -0.15) is 0 Å². The molecule has 10 heteroatoms. The molecule has 194 valence electrons. The summed E-state index contributed by atoms with van der Waals surface area (Å²) in [4.78, 5) is 33.8. The second-order valence-corrected chi connectivity index (χ2v) is 10.2. The standard InChI is InChI=1S/C27H30ClN5O4/c1-30-6-8-32(9-7-30)19-15-20-25-24(16-19)37-23-14-18(28)2-3-22(23)33(25)17-21(26(20)34)27(35)29-4-5-31-10-12-36-13-11-31/h2-3,14-17H,4-13H2,1H3,(H,29,35). The minimum atomic E-state index is -0.377. The average molecular weight is 524 g/mol. The van der Waals surface area contributed by atoms with Gasteiger partial charge in [0.1, 0.15) is 11.1 Å². The van der Waals surface area contributed by atoms with Crippen molar-refractivity contribution in [2.24, 2.45) is 0 Å². The van der Waals surface area contributed by atoms with Gasteiger partial charge in [0, 0.05) is 81.4 Å². The first kappa shape index (κ1) is 24.2. The normalized spacial score (nSPS) is 17.9. The summed E-state index contributed by atoms with van der Waals surface area (Å²) in [5, 5.41) is 3.97. The number of amides is 1. The number of rotatable bonds is 5. The first-order valence-electron chi connectivity index (χ1n) is 12.7. The van der Waals surface area contributed by atoms with Gasteiger partial charge in [0.15, 0.2) is 11.5 Å². The molecule has 3 aliphatic rings. The summed E-state index contributed by atoms with van der Waals surface area (Å²) in [6, 6.07) is 9.26. The predicted molar refractivity (Wildman–Crippen MR) is 144 cm³/mol. The van der Waals surface area contributed by atoms with Crippen LogP contribution in [0.3, 0.4) is 0 Å². The predicted octanol–water partition coefficient (Wildman–Crippen LogP) is 2.56. The molecule has 1 aromatic heterocycles. The van der Waals surface area contributed by atoms with Gasteiger partial charge in [-0.25, -0.2) is 0 Å². The van der Waals surface area contributed by atoms with E-state index >= 15 is 0 Å². The largest absolute Gasteiger partial charge is 0.453 e. The minimum absolute atomic E-state index is 0.110. The van der Waals surface area contributed by atoms with Crippen molar-refractivity contribution in [3.05, 3.63) is 57.3 Å². The Balaban J connectivity index is 1.40. The number of benzene rings is 2. The van der Waals surface area contributed by atoms with Crippen LogP contribution in [0.4, 0.5) is 5.69 Å². The molecule has 4 heterocycles. The molecule has 0 atom stereocenters. The summed E-state index contributed by atoms with van der Waals surface area (Å²) in [5.41, 5.74) is 2.11. The van der Waals surface area contributed by atoms with Crippen LogP contribution in [0.15, 0.2) is 41.3 Å². The van der Waals surface area contributed by atoms with Crippen LogP contribution in [0.2, 0.25) is 5.02 Å². The highest BCUT2D eigenvalue weighted by Gasteiger charge is 2.27. The highest BCUT2D eigenvalue weighted by Crippen LogP contribution is 2.42. The van der Waals surface area contributed by atoms with Crippen LogP contribution >= 0.6 is 11.6 Å². The molecule has 1 N–H and O–H groups in total. The number of carbonyl (C=O) groups is 1. The Morgan fingerprint density at radius 2 is 1.81 bits per heavy atom. The van der Waals surface area contributed by atoms with Gasteiger partial charge in [-0.1, -0.05) is 11.6 Å². The topological polar surface area (TPSA) is 79.3 Å². The van der Waals surface area contributed by atoms with Gasteiger partial charge in [0.2, 0.25) is 5.43 Å². The summed E-state index contributed by atoms with van der Waals surface area (Å²) in [6.07, 6.45) is 1.63. The van der Waals surface area contributed by atoms with Crippen LogP contribution < -0.4 is 20.4 Å². The second-order valence-electron chi connectivity index (χ2n) is 9.80. The van der Waals surface area contributed by atoms with Gasteiger partial charge < -0.3 is 29.2 Å². The van der Waals surface area contributed by atoms with Crippen LogP contribution in [0, 0.1) is 0 Å². The number of pyridine rings is 1. The number of fused-ring (bicyclic) bond motifs is 2. The van der Waals surface area contributed by atoms with E-state index in [0.29, 0.717) is 53.7 Å². The number of hydrogen-bond acceptors (Lipinski definition) is 7. The Morgan fingerprint density at radius 1 is 1.03 bits per heavy atom. The summed E-state index contributed by atoms with van der Waals surface area (Å²) in [6.45, 7) is 7.82. The number of nitrogens with one attached hydrogen (secondary N) is 1. The lowest BCUT2D eigenvalue weighted by molar-refractivity contribution is 0.0383. The summed E-state index contributed by atoms with van der Waals surface area (Å²) in [7, 11) is 2.11. The number of aromatic nitrogens is 1. The Hall–Kier alpha value is -3.11. The number of carbonyl (C=O) groups excluding carboxylic acids is 1. The Labute approximate surface area is 220 Å². The van der Waals surface area contributed by atoms with Crippen molar-refractivity contribution in [1.29, 1.82) is 0 Å². The first-order chi connectivity index (χ1) is 18.0. The number of likely N-dealkylation sites (N-methyl/N-ethyl adjacent to an activating group) is 1. The van der Waals surface area contributed by atoms with Crippen molar-refractivity contribution in [3.63, 3.8) is 0 Å². The second kappa shape index (κ2) is 9.98. The number of morpholine rings is 1. The van der Waals surface area contributed by atoms with Crippen molar-refractivity contribution < 1.29 is 14.3 Å². The quantitative estimate of drug-likeness (QED) is 0.431. The van der Waals surface area contributed by atoms with Crippen LogP contribution in [0.5, 0.6) is 11.5 Å². The fourth-order valence-electron chi connectivity index (χ4n) is 5.22. The molecule has 0 aliphatic carbocycles. The molecule has 2 aromatic carbocycles. The van der Waals surface area contributed by atoms with Gasteiger partial charge in [-0.3, -0.25) is 14.5 Å². The van der Waals surface area contributed by atoms with Crippen LogP contribution in [0.25, 0.3) is 16.6 Å². The molecule has 3 aromatic rings. The minimum Gasteiger partial charge on any atom is -0.453 e. The highest BCUT2D eigenvalue weighted by molar-refractivity contribution is 6.30. The monoisotopic (exact) mass is 523 g/mol. The zero-order valence-electron chi connectivity index (χ0n) is 20.8. The van der Waals surface area contributed by atoms with Crippen molar-refractivity contribution in [2.45, 2.75) is 0 Å². The number of nitrogens with zero attached hydrogens (tertiary/aromatic N) is 4. The zero-order valence-corrected chi connectivity index (χ0v) is 21.6. The third kappa shape index (κ3) is 4.68. The first-order valence-corrected chi connectivity index (χ1v) is 13.1. The summed E-state index contributed by atoms with van der Waals surface area (Å²) >= 11 is 6.27. The third-order valence-corrected chi connectivity index (χ3v) is 7.61. The molecule has 0 saturated carbocycles. The van der Waals surface area contributed by atoms with Crippen LogP contribution in [-0.2, 0) is 4.74 Å². The van der Waals surface area contributed by atoms with E-state index in [0.717, 1.165) is 50.6 Å². The number of piperazine rings is 1. The molecular formula is C27H30ClN5O4. The van der Waals surface area contributed by atoms with Gasteiger partial charge >= 0.3 is 0 Å². The molecule has 3 aliphatic heterocycles. The van der Waals surface area contributed by atoms with Gasteiger partial charge in [-0.15, -0.1) is 0 Å². The molecule has 1 amide bonds. The van der Waals surface area contributed by atoms with E-state index < -0.39 is 0 Å². The maximum atomic E-state index is 13.7. The van der Waals surface area contributed by atoms with Crippen molar-refractivity contribution in [1.82, 2.24) is 19.7 Å². The number of hydrogen-bond donors (Lipinski definition) is 1. The molecule has 2 saturated heterocycles. The van der Waals surface area contributed by atoms with E-state index in [4.69, 9.17) is 21.1 Å². The maximum absolute atomic E-state index is 13.7. The lowest BCUT2D eigenvalue weighted by Gasteiger charge is -2.35. The SMILES string of the molecule is CN1CCN(c2cc3c4c(c2)c(=O)c(C(=O)NCCN2CCOCC2)cn4-c2ccc(Cl)cc2O3)CC1. The molecule has 0 bridgehead atoms. The molecule has 0 spiro atoms. The van der Waals surface area contributed by atoms with Crippen LogP contribution in [0.1, 0.15) is 10.4 Å². The smallest absolute Gasteiger partial charge is 0.256 e. The van der Waals surface area contributed by atoms with Gasteiger partial charge in [0.05, 0.1) is 24.3 Å². The lowest BCUT2D eigenvalue weighted by atomic mass is 10.1. The molecular weight excluding hydrogens is 494 g/mol. The zero-order chi connectivity index (χ0) is 25.5. The highest BCUT2D eigenvalue weighted by atomic mass is 35.5. The maximum Gasteiger partial charge on any atom is 0.256 e. The number of ether oxygens (including phenoxy) is 2. The molecule has 9 nitrogen and oxygen atoms in total. The molecule has 2 fully saturated rings. The van der Waals surface area contributed by atoms with Crippen molar-refractivity contribution in [2.75, 3.05) is 77.5 Å². The van der Waals surface area contributed by atoms with Gasteiger partial charge in [0.25, 0.3) is 5.91 Å². The van der Waals surface area contributed by atoms with E-state index in [9.17, 15) is 9.59 Å². The fraction of sp³-hybridized carbons (Fsp3) is 0.407. The number of anilines is 1. The van der Waals surface area contributed by atoms with Gasteiger partial charge in [-0.05, 0) is 25.2 Å². The molecule has 0 radical (unpaired) electrons. The number of halogens is 1. The van der Waals surface area contributed by atoms with Crippen molar-refractivity contribution >= 4 is 34.1 Å². The Morgan fingerprint density at radius 3 is 2.59 bits per heavy atom. The third-order valence-electron chi connectivity index (χ3n) is 7.38. The van der Waals surface area contributed by atoms with E-state index in [2.05, 4.69) is 27.1 Å². The van der Waals surface area contributed by atoms with E-state index in [1.807, 2.05) is 22.8 Å². The van der Waals surface area contributed by atoms with Crippen molar-refractivity contribution in [3.8, 4) is 17.2 Å². The summed E-state index contributed by atoms with van der Waals surface area (Å²) in [5.74, 6) is 0.786.